The predicted molar refractivity (Wildman–Crippen MR) is 180 cm³/mol. The van der Waals surface area contributed by atoms with E-state index in [1.54, 1.807) is 56.3 Å². The van der Waals surface area contributed by atoms with Crippen LogP contribution >= 0.6 is 34.8 Å². The first-order valence-electron chi connectivity index (χ1n) is 14.0. The molecule has 1 aliphatic heterocycles. The van der Waals surface area contributed by atoms with Gasteiger partial charge in [0.25, 0.3) is 5.91 Å². The maximum Gasteiger partial charge on any atom is 0.338 e. The van der Waals surface area contributed by atoms with Crippen molar-refractivity contribution in [2.24, 2.45) is 5.10 Å². The second kappa shape index (κ2) is 16.2. The standard InChI is InChI=1S/C32H32FIN4O6S/c1-4-41-26-15-21(14-24(34)30(26)44-17-20-10-12-22(33)13-11-20)16-35-38-27(39)18-43-25-9-7-6-8-23(25)29-28(31(40)42-5-2)19(3)36-32(45)37-29/h6-16,29H,4-5,17-18H2,1-3H3,(H,38,39)(H2,36,37,45)/t29-/m0/s1. The molecule has 3 aromatic carbocycles. The smallest absolute Gasteiger partial charge is 0.338 e. The van der Waals surface area contributed by atoms with Gasteiger partial charge < -0.3 is 29.6 Å². The third kappa shape index (κ3) is 9.14. The number of rotatable bonds is 13. The predicted octanol–water partition coefficient (Wildman–Crippen LogP) is 5.29. The molecule has 4 rings (SSSR count). The van der Waals surface area contributed by atoms with Crippen LogP contribution in [0.15, 0.2) is 77.0 Å². The summed E-state index contributed by atoms with van der Waals surface area (Å²) in [5, 5.41) is 10.5. The largest absolute Gasteiger partial charge is 0.490 e. The number of ether oxygens (including phenoxy) is 4. The molecule has 0 saturated carbocycles. The van der Waals surface area contributed by atoms with E-state index >= 15 is 0 Å². The molecule has 10 nitrogen and oxygen atoms in total. The topological polar surface area (TPSA) is 120 Å². The van der Waals surface area contributed by atoms with Crippen LogP contribution in [0.2, 0.25) is 0 Å². The molecule has 3 aromatic rings. The Morgan fingerprint density at radius 3 is 2.53 bits per heavy atom. The number of carbonyl (C=O) groups is 2. The van der Waals surface area contributed by atoms with E-state index in [1.807, 2.05) is 13.0 Å². The number of para-hydroxylation sites is 1. The minimum Gasteiger partial charge on any atom is -0.490 e. The highest BCUT2D eigenvalue weighted by Crippen LogP contribution is 2.35. The molecule has 0 spiro atoms. The number of halogens is 2. The van der Waals surface area contributed by atoms with E-state index < -0.39 is 17.9 Å². The Morgan fingerprint density at radius 2 is 1.80 bits per heavy atom. The average Bonchev–Trinajstić information content (AvgIpc) is 3.00. The Hall–Kier alpha value is -4.24. The molecular weight excluding hydrogens is 714 g/mol. The van der Waals surface area contributed by atoms with Crippen LogP contribution in [0.25, 0.3) is 0 Å². The van der Waals surface area contributed by atoms with Crippen LogP contribution in [-0.4, -0.2) is 43.0 Å². The fourth-order valence-electron chi connectivity index (χ4n) is 4.41. The second-order valence-electron chi connectivity index (χ2n) is 9.59. The number of hydrogen-bond acceptors (Lipinski definition) is 8. The van der Waals surface area contributed by atoms with Crippen LogP contribution in [0.5, 0.6) is 17.2 Å². The second-order valence-corrected chi connectivity index (χ2v) is 11.2. The normalized spacial score (nSPS) is 14.4. The van der Waals surface area contributed by atoms with E-state index in [4.69, 9.17) is 31.2 Å². The third-order valence-electron chi connectivity index (χ3n) is 6.38. The van der Waals surface area contributed by atoms with E-state index in [1.165, 1.54) is 18.3 Å². The highest BCUT2D eigenvalue weighted by molar-refractivity contribution is 14.1. The maximum atomic E-state index is 13.2. The Bertz CT molecular complexity index is 1620. The molecule has 0 radical (unpaired) electrons. The summed E-state index contributed by atoms with van der Waals surface area (Å²) in [7, 11) is 0. The first kappa shape index (κ1) is 33.6. The minimum absolute atomic E-state index is 0.215. The molecule has 0 unspecified atom stereocenters. The summed E-state index contributed by atoms with van der Waals surface area (Å²) in [5.41, 5.74) is 5.49. The number of hydrogen-bond donors (Lipinski definition) is 3. The molecule has 0 saturated heterocycles. The van der Waals surface area contributed by atoms with Crippen LogP contribution in [-0.2, 0) is 20.9 Å². The number of nitrogens with zero attached hydrogens (tertiary/aromatic N) is 1. The van der Waals surface area contributed by atoms with Gasteiger partial charge in [0, 0.05) is 11.3 Å². The van der Waals surface area contributed by atoms with E-state index in [2.05, 4.69) is 43.8 Å². The van der Waals surface area contributed by atoms with Crippen molar-refractivity contribution in [3.8, 4) is 17.2 Å². The molecule has 45 heavy (non-hydrogen) atoms. The lowest BCUT2D eigenvalue weighted by atomic mass is 9.95. The van der Waals surface area contributed by atoms with Gasteiger partial charge in [0.15, 0.2) is 23.2 Å². The quantitative estimate of drug-likeness (QED) is 0.0705. The summed E-state index contributed by atoms with van der Waals surface area (Å²) in [6.45, 7) is 5.87. The molecule has 1 atom stereocenters. The van der Waals surface area contributed by atoms with Gasteiger partial charge in [-0.25, -0.2) is 14.6 Å². The third-order valence-corrected chi connectivity index (χ3v) is 7.41. The van der Waals surface area contributed by atoms with E-state index in [0.29, 0.717) is 51.4 Å². The number of allylic oxidation sites excluding steroid dienone is 1. The molecule has 13 heteroatoms. The summed E-state index contributed by atoms with van der Waals surface area (Å²) in [5.74, 6) is 0.157. The minimum atomic E-state index is -0.639. The molecule has 0 aliphatic carbocycles. The van der Waals surface area contributed by atoms with Gasteiger partial charge in [0.05, 0.1) is 34.6 Å². The Morgan fingerprint density at radius 1 is 1.04 bits per heavy atom. The lowest BCUT2D eigenvalue weighted by molar-refractivity contribution is -0.139. The van der Waals surface area contributed by atoms with Crippen LogP contribution in [0, 0.1) is 9.39 Å². The SMILES string of the molecule is CCOC(=O)C1=C(C)NC(=S)N[C@H]1c1ccccc1OCC(=O)NN=Cc1cc(I)c(OCc2ccc(F)cc2)c(OCC)c1. The molecule has 0 fully saturated rings. The van der Waals surface area contributed by atoms with Gasteiger partial charge in [0.2, 0.25) is 0 Å². The number of hydrazone groups is 1. The Labute approximate surface area is 279 Å². The zero-order chi connectivity index (χ0) is 32.3. The molecule has 0 aromatic heterocycles. The van der Waals surface area contributed by atoms with E-state index in [-0.39, 0.29) is 25.6 Å². The molecule has 236 valence electrons. The van der Waals surface area contributed by atoms with Gasteiger partial charge in [0.1, 0.15) is 18.2 Å². The number of amides is 1. The zero-order valence-corrected chi connectivity index (χ0v) is 27.8. The molecular formula is C32H32FIN4O6S. The van der Waals surface area contributed by atoms with Crippen molar-refractivity contribution in [2.75, 3.05) is 19.8 Å². The number of nitrogens with one attached hydrogen (secondary N) is 3. The van der Waals surface area contributed by atoms with Crippen molar-refractivity contribution >= 4 is 58.0 Å². The van der Waals surface area contributed by atoms with Crippen LogP contribution in [0.4, 0.5) is 4.39 Å². The van der Waals surface area contributed by atoms with Crippen molar-refractivity contribution in [1.82, 2.24) is 16.1 Å². The molecule has 1 heterocycles. The van der Waals surface area contributed by atoms with E-state index in [0.717, 1.165) is 9.13 Å². The summed E-state index contributed by atoms with van der Waals surface area (Å²) < 4.78 is 36.9. The Kier molecular flexibility index (Phi) is 12.1. The highest BCUT2D eigenvalue weighted by Gasteiger charge is 2.32. The van der Waals surface area contributed by atoms with Crippen molar-refractivity contribution in [1.29, 1.82) is 0 Å². The first-order valence-corrected chi connectivity index (χ1v) is 15.5. The van der Waals surface area contributed by atoms with Gasteiger partial charge in [-0.1, -0.05) is 30.3 Å². The van der Waals surface area contributed by atoms with Crippen molar-refractivity contribution in [3.05, 3.63) is 98.0 Å². The maximum absolute atomic E-state index is 13.2. The van der Waals surface area contributed by atoms with Crippen molar-refractivity contribution in [3.63, 3.8) is 0 Å². The number of benzene rings is 3. The fourth-order valence-corrected chi connectivity index (χ4v) is 5.47. The van der Waals surface area contributed by atoms with Crippen LogP contribution in [0.3, 0.4) is 0 Å². The molecule has 0 bridgehead atoms. The molecule has 1 aliphatic rings. The van der Waals surface area contributed by atoms with Crippen molar-refractivity contribution in [2.45, 2.75) is 33.4 Å². The molecule has 3 N–H and O–H groups in total. The lowest BCUT2D eigenvalue weighted by Crippen LogP contribution is -2.45. The summed E-state index contributed by atoms with van der Waals surface area (Å²) in [6, 6.07) is 16.1. The summed E-state index contributed by atoms with van der Waals surface area (Å²) in [4.78, 5) is 25.4. The van der Waals surface area contributed by atoms with Gasteiger partial charge in [-0.3, -0.25) is 4.79 Å². The number of esters is 1. The summed E-state index contributed by atoms with van der Waals surface area (Å²) >= 11 is 7.46. The number of carbonyl (C=O) groups excluding carboxylic acids is 2. The van der Waals surface area contributed by atoms with Gasteiger partial charge in [-0.2, -0.15) is 5.10 Å². The fraction of sp³-hybridized carbons (Fsp3) is 0.250. The van der Waals surface area contributed by atoms with Gasteiger partial charge in [-0.05, 0) is 97.0 Å². The summed E-state index contributed by atoms with van der Waals surface area (Å²) in [6.07, 6.45) is 1.49. The zero-order valence-electron chi connectivity index (χ0n) is 24.8. The lowest BCUT2D eigenvalue weighted by Gasteiger charge is -2.30. The average molecular weight is 747 g/mol. The first-order chi connectivity index (χ1) is 21.7. The van der Waals surface area contributed by atoms with Gasteiger partial charge in [-0.15, -0.1) is 0 Å². The molecule has 1 amide bonds. The van der Waals surface area contributed by atoms with Gasteiger partial charge >= 0.3 is 5.97 Å². The monoisotopic (exact) mass is 746 g/mol. The number of thiocarbonyl (C=S) groups is 1. The highest BCUT2D eigenvalue weighted by atomic mass is 127. The van der Waals surface area contributed by atoms with E-state index in [9.17, 15) is 14.0 Å². The van der Waals surface area contributed by atoms with Crippen LogP contribution < -0.4 is 30.3 Å². The van der Waals surface area contributed by atoms with Crippen LogP contribution in [0.1, 0.15) is 43.5 Å². The van der Waals surface area contributed by atoms with Crippen molar-refractivity contribution < 1.29 is 32.9 Å². The Balaban J connectivity index is 1.41.